The van der Waals surface area contributed by atoms with Crippen LogP contribution in [0, 0.1) is 0 Å². The summed E-state index contributed by atoms with van der Waals surface area (Å²) in [6.07, 6.45) is 6.27. The number of nitrogens with zero attached hydrogens (tertiary/aromatic N) is 1. The number of rotatable bonds is 4. The van der Waals surface area contributed by atoms with Gasteiger partial charge in [-0.15, -0.1) is 0 Å². The van der Waals surface area contributed by atoms with Crippen molar-refractivity contribution in [1.29, 1.82) is 0 Å². The van der Waals surface area contributed by atoms with Crippen LogP contribution in [-0.2, 0) is 6.54 Å². The molecule has 0 unspecified atom stereocenters. The van der Waals surface area contributed by atoms with Gasteiger partial charge in [0.25, 0.3) is 0 Å². The molecule has 2 N–H and O–H groups in total. The largest absolute Gasteiger partial charge is 0.496 e. The van der Waals surface area contributed by atoms with E-state index < -0.39 is 0 Å². The third-order valence-corrected chi connectivity index (χ3v) is 5.56. The minimum atomic E-state index is 0.499. The van der Waals surface area contributed by atoms with Gasteiger partial charge in [-0.05, 0) is 44.0 Å². The van der Waals surface area contributed by atoms with E-state index in [9.17, 15) is 0 Å². The van der Waals surface area contributed by atoms with Crippen molar-refractivity contribution >= 4 is 17.3 Å². The van der Waals surface area contributed by atoms with Gasteiger partial charge in [0.15, 0.2) is 5.11 Å². The molecule has 2 fully saturated rings. The van der Waals surface area contributed by atoms with Crippen LogP contribution < -0.4 is 15.4 Å². The summed E-state index contributed by atoms with van der Waals surface area (Å²) in [4.78, 5) is 2.70. The van der Waals surface area contributed by atoms with E-state index in [0.717, 1.165) is 17.4 Å². The smallest absolute Gasteiger partial charge is 0.166 e. The van der Waals surface area contributed by atoms with Gasteiger partial charge in [-0.2, -0.15) is 0 Å². The number of hydrogen-bond acceptors (Lipinski definition) is 3. The molecule has 2 heterocycles. The monoisotopic (exact) mass is 333 g/mol. The van der Waals surface area contributed by atoms with Crippen molar-refractivity contribution in [1.82, 2.24) is 15.5 Å². The van der Waals surface area contributed by atoms with Crippen LogP contribution in [0.4, 0.5) is 0 Å². The minimum Gasteiger partial charge on any atom is -0.496 e. The summed E-state index contributed by atoms with van der Waals surface area (Å²) in [7, 11) is 3.64. The van der Waals surface area contributed by atoms with E-state index in [1.165, 1.54) is 37.7 Å². The number of nitrogens with one attached hydrogen (secondary N) is 2. The van der Waals surface area contributed by atoms with Crippen molar-refractivity contribution in [2.45, 2.75) is 56.8 Å². The Morgan fingerprint density at radius 1 is 1.26 bits per heavy atom. The van der Waals surface area contributed by atoms with Crippen molar-refractivity contribution in [3.63, 3.8) is 0 Å². The van der Waals surface area contributed by atoms with Crippen LogP contribution >= 0.6 is 12.2 Å². The number of piperidine rings is 2. The van der Waals surface area contributed by atoms with Crippen LogP contribution in [0.2, 0.25) is 0 Å². The summed E-state index contributed by atoms with van der Waals surface area (Å²) in [5.74, 6) is 1.00. The number of para-hydroxylation sites is 1. The molecule has 1 aromatic rings. The molecule has 2 bridgehead atoms. The Kier molecular flexibility index (Phi) is 5.38. The van der Waals surface area contributed by atoms with E-state index >= 15 is 0 Å². The SMILES string of the molecule is CNC(=S)NC1C[C@H]2CCC[C@H](C1)N2Cc1ccccc1OC. The van der Waals surface area contributed by atoms with Crippen LogP contribution in [0.15, 0.2) is 24.3 Å². The lowest BCUT2D eigenvalue weighted by Gasteiger charge is -2.49. The van der Waals surface area contributed by atoms with Crippen LogP contribution in [0.3, 0.4) is 0 Å². The molecule has 2 atom stereocenters. The lowest BCUT2D eigenvalue weighted by Crippen LogP contribution is -2.57. The number of fused-ring (bicyclic) bond motifs is 2. The van der Waals surface area contributed by atoms with E-state index in [4.69, 9.17) is 17.0 Å². The maximum absolute atomic E-state index is 5.53. The summed E-state index contributed by atoms with van der Waals surface area (Å²) in [5, 5.41) is 7.28. The van der Waals surface area contributed by atoms with Crippen LogP contribution in [0.5, 0.6) is 5.75 Å². The molecular weight excluding hydrogens is 306 g/mol. The molecule has 2 saturated heterocycles. The molecule has 0 aromatic heterocycles. The van der Waals surface area contributed by atoms with Gasteiger partial charge < -0.3 is 15.4 Å². The number of hydrogen-bond donors (Lipinski definition) is 2. The fourth-order valence-electron chi connectivity index (χ4n) is 4.14. The fourth-order valence-corrected chi connectivity index (χ4v) is 4.31. The molecule has 0 saturated carbocycles. The molecule has 5 heteroatoms. The van der Waals surface area contributed by atoms with Crippen LogP contribution in [0.25, 0.3) is 0 Å². The summed E-state index contributed by atoms with van der Waals surface area (Å²) in [5.41, 5.74) is 1.30. The molecule has 0 spiro atoms. The normalized spacial score (nSPS) is 27.3. The summed E-state index contributed by atoms with van der Waals surface area (Å²) in [6, 6.07) is 10.2. The minimum absolute atomic E-state index is 0.499. The summed E-state index contributed by atoms with van der Waals surface area (Å²) in [6.45, 7) is 0.989. The zero-order valence-corrected chi connectivity index (χ0v) is 14.9. The van der Waals surface area contributed by atoms with Gasteiger partial charge in [-0.25, -0.2) is 0 Å². The van der Waals surface area contributed by atoms with E-state index in [1.807, 2.05) is 13.1 Å². The lowest BCUT2D eigenvalue weighted by atomic mass is 9.81. The van der Waals surface area contributed by atoms with Crippen molar-refractivity contribution in [2.24, 2.45) is 0 Å². The molecule has 3 rings (SSSR count). The number of benzene rings is 1. The molecule has 126 valence electrons. The van der Waals surface area contributed by atoms with Gasteiger partial charge >= 0.3 is 0 Å². The average molecular weight is 334 g/mol. The predicted molar refractivity (Wildman–Crippen MR) is 97.8 cm³/mol. The molecule has 4 nitrogen and oxygen atoms in total. The molecule has 1 aromatic carbocycles. The second-order valence-electron chi connectivity index (χ2n) is 6.61. The van der Waals surface area contributed by atoms with Crippen molar-refractivity contribution in [3.8, 4) is 5.75 Å². The molecule has 23 heavy (non-hydrogen) atoms. The van der Waals surface area contributed by atoms with E-state index in [0.29, 0.717) is 18.1 Å². The molecule has 2 aliphatic rings. The molecular formula is C18H27N3OS. The first-order chi connectivity index (χ1) is 11.2. The average Bonchev–Trinajstić information content (AvgIpc) is 2.55. The number of methoxy groups -OCH3 is 1. The Morgan fingerprint density at radius 3 is 2.61 bits per heavy atom. The lowest BCUT2D eigenvalue weighted by molar-refractivity contribution is 0.0205. The zero-order valence-electron chi connectivity index (χ0n) is 14.0. The topological polar surface area (TPSA) is 36.5 Å². The Morgan fingerprint density at radius 2 is 1.96 bits per heavy atom. The Bertz CT molecular complexity index is 537. The summed E-state index contributed by atoms with van der Waals surface area (Å²) < 4.78 is 5.53. The van der Waals surface area contributed by atoms with Crippen molar-refractivity contribution < 1.29 is 4.74 Å². The molecule has 0 amide bonds. The van der Waals surface area contributed by atoms with Crippen molar-refractivity contribution in [2.75, 3.05) is 14.2 Å². The number of ether oxygens (including phenoxy) is 1. The second kappa shape index (κ2) is 7.49. The predicted octanol–water partition coefficient (Wildman–Crippen LogP) is 2.67. The highest BCUT2D eigenvalue weighted by Gasteiger charge is 2.38. The quantitative estimate of drug-likeness (QED) is 0.829. The first-order valence-corrected chi connectivity index (χ1v) is 8.98. The molecule has 0 radical (unpaired) electrons. The van der Waals surface area contributed by atoms with E-state index in [2.05, 4.69) is 33.7 Å². The molecule has 2 aliphatic heterocycles. The van der Waals surface area contributed by atoms with E-state index in [1.54, 1.807) is 7.11 Å². The highest BCUT2D eigenvalue weighted by molar-refractivity contribution is 7.80. The van der Waals surface area contributed by atoms with Crippen molar-refractivity contribution in [3.05, 3.63) is 29.8 Å². The highest BCUT2D eigenvalue weighted by Crippen LogP contribution is 2.36. The maximum atomic E-state index is 5.53. The van der Waals surface area contributed by atoms with Gasteiger partial charge in [0.1, 0.15) is 5.75 Å². The highest BCUT2D eigenvalue weighted by atomic mass is 32.1. The number of thiocarbonyl (C=S) groups is 1. The van der Waals surface area contributed by atoms with Gasteiger partial charge in [0.2, 0.25) is 0 Å². The Balaban J connectivity index is 1.70. The Labute approximate surface area is 144 Å². The fraction of sp³-hybridized carbons (Fsp3) is 0.611. The zero-order chi connectivity index (χ0) is 16.2. The van der Waals surface area contributed by atoms with E-state index in [-0.39, 0.29) is 0 Å². The van der Waals surface area contributed by atoms with Crippen LogP contribution in [0.1, 0.15) is 37.7 Å². The van der Waals surface area contributed by atoms with Gasteiger partial charge in [0, 0.05) is 37.3 Å². The molecule has 0 aliphatic carbocycles. The van der Waals surface area contributed by atoms with Gasteiger partial charge in [-0.3, -0.25) is 4.90 Å². The summed E-state index contributed by atoms with van der Waals surface area (Å²) >= 11 is 5.28. The van der Waals surface area contributed by atoms with Gasteiger partial charge in [-0.1, -0.05) is 24.6 Å². The first-order valence-electron chi connectivity index (χ1n) is 8.57. The van der Waals surface area contributed by atoms with Gasteiger partial charge in [0.05, 0.1) is 7.11 Å². The van der Waals surface area contributed by atoms with Crippen LogP contribution in [-0.4, -0.2) is 42.3 Å². The first kappa shape index (κ1) is 16.5. The third-order valence-electron chi connectivity index (χ3n) is 5.23. The Hall–Kier alpha value is -1.33. The maximum Gasteiger partial charge on any atom is 0.166 e. The standard InChI is InChI=1S/C18H27N3OS/c1-19-18(23)20-14-10-15-7-5-8-16(11-14)21(15)12-13-6-3-4-9-17(13)22-2/h3-4,6,9,14-16H,5,7-8,10-12H2,1-2H3,(H2,19,20,23)/t15-,16-/m1/s1. The second-order valence-corrected chi connectivity index (χ2v) is 7.02. The third kappa shape index (κ3) is 3.78.